The molecule has 0 aliphatic carbocycles. The number of hydrogen-bond donors (Lipinski definition) is 0. The van der Waals surface area contributed by atoms with Crippen molar-refractivity contribution >= 4 is 21.7 Å². The molecule has 2 aliphatic rings. The number of piperazine rings is 1. The van der Waals surface area contributed by atoms with E-state index in [-0.39, 0.29) is 29.8 Å². The first kappa shape index (κ1) is 24.0. The molecule has 1 aromatic heterocycles. The Morgan fingerprint density at radius 1 is 1.06 bits per heavy atom. The number of carbonyl (C=O) groups is 1. The molecule has 9 nitrogen and oxygen atoms in total. The lowest BCUT2D eigenvalue weighted by Crippen LogP contribution is -2.52. The Bertz CT molecular complexity index is 1130. The van der Waals surface area contributed by atoms with E-state index in [1.165, 1.54) is 4.31 Å². The van der Waals surface area contributed by atoms with Crippen LogP contribution in [-0.4, -0.2) is 74.4 Å². The number of ether oxygens (including phenoxy) is 1. The summed E-state index contributed by atoms with van der Waals surface area (Å²) in [5.74, 6) is 1.49. The molecule has 0 bridgehead atoms. The lowest BCUT2D eigenvalue weighted by atomic mass is 9.95. The molecule has 10 heteroatoms. The first-order valence-electron chi connectivity index (χ1n) is 11.5. The summed E-state index contributed by atoms with van der Waals surface area (Å²) in [5, 5.41) is 8.92. The van der Waals surface area contributed by atoms with Gasteiger partial charge in [-0.05, 0) is 56.2 Å². The minimum absolute atomic E-state index is 0.0658. The van der Waals surface area contributed by atoms with E-state index in [1.54, 1.807) is 41.4 Å². The zero-order valence-corrected chi connectivity index (χ0v) is 20.1. The molecule has 2 aromatic rings. The van der Waals surface area contributed by atoms with E-state index >= 15 is 0 Å². The van der Waals surface area contributed by atoms with E-state index < -0.39 is 10.0 Å². The van der Waals surface area contributed by atoms with E-state index in [0.717, 1.165) is 31.7 Å². The van der Waals surface area contributed by atoms with Crippen molar-refractivity contribution in [2.45, 2.75) is 24.7 Å². The second kappa shape index (κ2) is 10.4. The van der Waals surface area contributed by atoms with Crippen LogP contribution in [-0.2, 0) is 14.8 Å². The number of piperidine rings is 1. The first-order chi connectivity index (χ1) is 16.4. The lowest BCUT2D eigenvalue weighted by molar-refractivity contribution is -0.137. The van der Waals surface area contributed by atoms with Crippen molar-refractivity contribution < 1.29 is 17.9 Å². The molecular weight excluding hydrogens is 454 g/mol. The molecule has 1 amide bonds. The summed E-state index contributed by atoms with van der Waals surface area (Å²) < 4.78 is 32.8. The Morgan fingerprint density at radius 3 is 2.29 bits per heavy atom. The number of hydrogen-bond acceptors (Lipinski definition) is 7. The number of anilines is 1. The van der Waals surface area contributed by atoms with Crippen molar-refractivity contribution in [3.8, 4) is 11.8 Å². The number of nitriles is 1. The Kier molecular flexibility index (Phi) is 7.34. The Labute approximate surface area is 200 Å². The maximum absolute atomic E-state index is 13.1. The van der Waals surface area contributed by atoms with E-state index in [1.807, 2.05) is 13.0 Å². The van der Waals surface area contributed by atoms with Gasteiger partial charge in [0.2, 0.25) is 15.9 Å². The van der Waals surface area contributed by atoms with Gasteiger partial charge in [0.25, 0.3) is 0 Å². The summed E-state index contributed by atoms with van der Waals surface area (Å²) in [4.78, 5) is 21.6. The van der Waals surface area contributed by atoms with Crippen LogP contribution in [0.15, 0.2) is 47.5 Å². The highest BCUT2D eigenvalue weighted by atomic mass is 32.2. The largest absolute Gasteiger partial charge is 0.494 e. The molecule has 1 aromatic carbocycles. The van der Waals surface area contributed by atoms with Gasteiger partial charge < -0.3 is 14.5 Å². The number of amides is 1. The van der Waals surface area contributed by atoms with Crippen LogP contribution in [0.2, 0.25) is 0 Å². The van der Waals surface area contributed by atoms with Crippen molar-refractivity contribution in [3.05, 3.63) is 48.2 Å². The van der Waals surface area contributed by atoms with Gasteiger partial charge in [-0.1, -0.05) is 0 Å². The van der Waals surface area contributed by atoms with Crippen LogP contribution in [0.1, 0.15) is 25.3 Å². The van der Waals surface area contributed by atoms with Crippen molar-refractivity contribution in [2.75, 3.05) is 50.8 Å². The molecule has 2 fully saturated rings. The van der Waals surface area contributed by atoms with E-state index in [9.17, 15) is 13.2 Å². The van der Waals surface area contributed by atoms with Gasteiger partial charge in [-0.25, -0.2) is 13.4 Å². The summed E-state index contributed by atoms with van der Waals surface area (Å²) in [6, 6.07) is 12.1. The van der Waals surface area contributed by atoms with Crippen molar-refractivity contribution in [2.24, 2.45) is 5.92 Å². The second-order valence-electron chi connectivity index (χ2n) is 8.41. The van der Waals surface area contributed by atoms with E-state index in [4.69, 9.17) is 10.00 Å². The minimum atomic E-state index is -3.60. The van der Waals surface area contributed by atoms with Crippen LogP contribution in [0.3, 0.4) is 0 Å². The van der Waals surface area contributed by atoms with Gasteiger partial charge in [0.1, 0.15) is 17.6 Å². The van der Waals surface area contributed by atoms with Gasteiger partial charge in [0.15, 0.2) is 0 Å². The highest BCUT2D eigenvalue weighted by Crippen LogP contribution is 2.25. The summed E-state index contributed by atoms with van der Waals surface area (Å²) in [6.45, 7) is 5.21. The highest BCUT2D eigenvalue weighted by Gasteiger charge is 2.34. The van der Waals surface area contributed by atoms with Crippen LogP contribution in [0, 0.1) is 17.2 Å². The zero-order chi connectivity index (χ0) is 24.1. The van der Waals surface area contributed by atoms with Gasteiger partial charge >= 0.3 is 0 Å². The number of pyridine rings is 1. The van der Waals surface area contributed by atoms with Gasteiger partial charge in [-0.15, -0.1) is 0 Å². The highest BCUT2D eigenvalue weighted by molar-refractivity contribution is 7.89. The molecule has 0 radical (unpaired) electrons. The number of benzene rings is 1. The van der Waals surface area contributed by atoms with Gasteiger partial charge in [-0.3, -0.25) is 4.79 Å². The van der Waals surface area contributed by atoms with Gasteiger partial charge in [0, 0.05) is 51.4 Å². The van der Waals surface area contributed by atoms with E-state index in [0.29, 0.717) is 31.0 Å². The Balaban J connectivity index is 1.29. The third-order valence-corrected chi connectivity index (χ3v) is 8.28. The van der Waals surface area contributed by atoms with Crippen molar-refractivity contribution in [1.82, 2.24) is 14.2 Å². The smallest absolute Gasteiger partial charge is 0.243 e. The minimum Gasteiger partial charge on any atom is -0.494 e. The van der Waals surface area contributed by atoms with Crippen LogP contribution in [0.4, 0.5) is 5.82 Å². The second-order valence-corrected chi connectivity index (χ2v) is 10.3. The summed E-state index contributed by atoms with van der Waals surface area (Å²) in [7, 11) is -3.60. The molecule has 0 saturated carbocycles. The standard InChI is InChI=1S/C24H29N5O4S/c1-2-33-21-4-6-22(7-5-21)34(31,32)29-15-13-28(14-16-29)24(30)20-9-11-27(12-10-20)23-8-3-19(17-25)18-26-23/h3-8,18,20H,2,9-16H2,1H3. The van der Waals surface area contributed by atoms with Crippen LogP contribution < -0.4 is 9.64 Å². The fourth-order valence-corrected chi connectivity index (χ4v) is 5.85. The van der Waals surface area contributed by atoms with E-state index in [2.05, 4.69) is 16.0 Å². The number of sulfonamides is 1. The fraction of sp³-hybridized carbons (Fsp3) is 0.458. The summed E-state index contributed by atoms with van der Waals surface area (Å²) in [6.07, 6.45) is 3.02. The van der Waals surface area contributed by atoms with Gasteiger partial charge in [-0.2, -0.15) is 9.57 Å². The number of carbonyl (C=O) groups excluding carboxylic acids is 1. The monoisotopic (exact) mass is 483 g/mol. The molecule has 3 heterocycles. The first-order valence-corrected chi connectivity index (χ1v) is 13.0. The molecule has 0 spiro atoms. The average molecular weight is 484 g/mol. The Hall–Kier alpha value is -3.16. The molecule has 2 saturated heterocycles. The zero-order valence-electron chi connectivity index (χ0n) is 19.3. The quantitative estimate of drug-likeness (QED) is 0.619. The average Bonchev–Trinajstić information content (AvgIpc) is 2.89. The normalized spacial score (nSPS) is 17.9. The molecule has 34 heavy (non-hydrogen) atoms. The molecule has 2 aliphatic heterocycles. The molecule has 0 unspecified atom stereocenters. The number of rotatable bonds is 6. The van der Waals surface area contributed by atoms with Crippen LogP contribution in [0.25, 0.3) is 0 Å². The fourth-order valence-electron chi connectivity index (χ4n) is 4.43. The molecule has 0 atom stereocenters. The Morgan fingerprint density at radius 2 is 1.74 bits per heavy atom. The molecule has 180 valence electrons. The van der Waals surface area contributed by atoms with Crippen LogP contribution in [0.5, 0.6) is 5.75 Å². The molecule has 0 N–H and O–H groups in total. The predicted octanol–water partition coefficient (Wildman–Crippen LogP) is 2.10. The maximum atomic E-state index is 13.1. The van der Waals surface area contributed by atoms with Crippen LogP contribution >= 0.6 is 0 Å². The van der Waals surface area contributed by atoms with Gasteiger partial charge in [0.05, 0.1) is 17.1 Å². The SMILES string of the molecule is CCOc1ccc(S(=O)(=O)N2CCN(C(=O)C3CCN(c4ccc(C#N)cn4)CC3)CC2)cc1. The van der Waals surface area contributed by atoms with Crippen molar-refractivity contribution in [3.63, 3.8) is 0 Å². The number of nitrogens with zero attached hydrogens (tertiary/aromatic N) is 5. The topological polar surface area (TPSA) is 107 Å². The lowest BCUT2D eigenvalue weighted by Gasteiger charge is -2.38. The summed E-state index contributed by atoms with van der Waals surface area (Å²) in [5.41, 5.74) is 0.525. The third-order valence-electron chi connectivity index (χ3n) is 6.37. The molecular formula is C24H29N5O4S. The third kappa shape index (κ3) is 5.16. The predicted molar refractivity (Wildman–Crippen MR) is 127 cm³/mol. The molecule has 4 rings (SSSR count). The summed E-state index contributed by atoms with van der Waals surface area (Å²) >= 11 is 0. The number of aromatic nitrogens is 1. The maximum Gasteiger partial charge on any atom is 0.243 e. The van der Waals surface area contributed by atoms with Crippen molar-refractivity contribution in [1.29, 1.82) is 5.26 Å².